The molecule has 40 heavy (non-hydrogen) atoms. The van der Waals surface area contributed by atoms with Crippen LogP contribution in [0.3, 0.4) is 0 Å². The molecular formula is C30H23Cl2N7O. The third-order valence-electron chi connectivity index (χ3n) is 8.28. The molecule has 10 heteroatoms. The smallest absolute Gasteiger partial charge is 0.251 e. The number of H-pyrrole nitrogens is 1. The number of aryl methyl sites for hydroxylation is 1. The molecule has 2 aliphatic heterocycles. The Morgan fingerprint density at radius 3 is 2.77 bits per heavy atom. The highest BCUT2D eigenvalue weighted by atomic mass is 35.5. The number of pyridine rings is 1. The average Bonchev–Trinajstić information content (AvgIpc) is 3.23. The van der Waals surface area contributed by atoms with Crippen molar-refractivity contribution in [2.45, 2.75) is 31.2 Å². The molecule has 0 amide bonds. The summed E-state index contributed by atoms with van der Waals surface area (Å²) in [6, 6.07) is 15.5. The Labute approximate surface area is 239 Å². The number of imidazole rings is 1. The van der Waals surface area contributed by atoms with Crippen LogP contribution in [-0.4, -0.2) is 29.5 Å². The molecule has 3 atom stereocenters. The minimum Gasteiger partial charge on any atom is -0.359 e. The maximum atomic E-state index is 13.7. The van der Waals surface area contributed by atoms with Gasteiger partial charge >= 0.3 is 0 Å². The molecule has 5 heterocycles. The van der Waals surface area contributed by atoms with Gasteiger partial charge in [0.05, 0.1) is 29.8 Å². The molecule has 2 aromatic carbocycles. The van der Waals surface area contributed by atoms with Crippen LogP contribution in [0.25, 0.3) is 28.2 Å². The summed E-state index contributed by atoms with van der Waals surface area (Å²) in [5, 5.41) is 12.2. The molecule has 3 unspecified atom stereocenters. The third-order valence-corrected chi connectivity index (χ3v) is 8.69. The zero-order valence-electron chi connectivity index (χ0n) is 21.2. The van der Waals surface area contributed by atoms with E-state index in [1.165, 1.54) is 5.56 Å². The predicted molar refractivity (Wildman–Crippen MR) is 155 cm³/mol. The van der Waals surface area contributed by atoms with Gasteiger partial charge in [-0.3, -0.25) is 4.79 Å². The lowest BCUT2D eigenvalue weighted by molar-refractivity contribution is 0.528. The number of aromatic amines is 1. The number of anilines is 1. The monoisotopic (exact) mass is 567 g/mol. The molecule has 3 aromatic heterocycles. The normalized spacial score (nSPS) is 20.6. The summed E-state index contributed by atoms with van der Waals surface area (Å²) in [5.74, 6) is 1.51. The van der Waals surface area contributed by atoms with Crippen LogP contribution in [0.5, 0.6) is 0 Å². The minimum atomic E-state index is -0.0710. The van der Waals surface area contributed by atoms with Gasteiger partial charge in [-0.05, 0) is 78.8 Å². The summed E-state index contributed by atoms with van der Waals surface area (Å²) in [7, 11) is 0. The van der Waals surface area contributed by atoms with Crippen LogP contribution in [0.1, 0.15) is 41.8 Å². The molecule has 3 aliphatic rings. The van der Waals surface area contributed by atoms with Crippen LogP contribution >= 0.6 is 23.2 Å². The van der Waals surface area contributed by atoms with Gasteiger partial charge in [-0.1, -0.05) is 35.0 Å². The fourth-order valence-electron chi connectivity index (χ4n) is 6.35. The lowest BCUT2D eigenvalue weighted by Gasteiger charge is -2.20. The molecule has 8 rings (SSSR count). The van der Waals surface area contributed by atoms with E-state index in [9.17, 15) is 4.79 Å². The number of aromatic nitrogens is 6. The van der Waals surface area contributed by atoms with Crippen molar-refractivity contribution >= 4 is 28.9 Å². The number of nitrogens with one attached hydrogen (secondary N) is 2. The molecule has 2 N–H and O–H groups in total. The summed E-state index contributed by atoms with van der Waals surface area (Å²) in [4.78, 5) is 21.9. The zero-order chi connectivity index (χ0) is 27.1. The van der Waals surface area contributed by atoms with Crippen LogP contribution in [0.4, 0.5) is 5.69 Å². The Bertz CT molecular complexity index is 1920. The van der Waals surface area contributed by atoms with E-state index >= 15 is 0 Å². The van der Waals surface area contributed by atoms with E-state index in [0.717, 1.165) is 70.2 Å². The van der Waals surface area contributed by atoms with E-state index in [-0.39, 0.29) is 16.8 Å². The average molecular weight is 568 g/mol. The van der Waals surface area contributed by atoms with Crippen molar-refractivity contribution in [3.63, 3.8) is 0 Å². The maximum Gasteiger partial charge on any atom is 0.251 e. The Balaban J connectivity index is 1.17. The van der Waals surface area contributed by atoms with Gasteiger partial charge in [0, 0.05) is 45.2 Å². The molecule has 1 aliphatic carbocycles. The van der Waals surface area contributed by atoms with Gasteiger partial charge in [0.25, 0.3) is 5.56 Å². The van der Waals surface area contributed by atoms with Gasteiger partial charge in [0.2, 0.25) is 0 Å². The van der Waals surface area contributed by atoms with Gasteiger partial charge in [0.1, 0.15) is 5.82 Å². The van der Waals surface area contributed by atoms with Crippen molar-refractivity contribution in [3.05, 3.63) is 111 Å². The van der Waals surface area contributed by atoms with Crippen LogP contribution in [0.15, 0.2) is 78.0 Å². The number of fused-ring (bicyclic) bond motifs is 4. The van der Waals surface area contributed by atoms with Crippen molar-refractivity contribution in [1.29, 1.82) is 0 Å². The molecule has 8 nitrogen and oxygen atoms in total. The van der Waals surface area contributed by atoms with Crippen LogP contribution < -0.4 is 10.9 Å². The number of benzene rings is 2. The lowest BCUT2D eigenvalue weighted by atomic mass is 9.99. The van der Waals surface area contributed by atoms with Crippen molar-refractivity contribution in [3.8, 4) is 28.2 Å². The van der Waals surface area contributed by atoms with Gasteiger partial charge in [-0.2, -0.15) is 0 Å². The molecule has 0 bridgehead atoms. The van der Waals surface area contributed by atoms with Crippen molar-refractivity contribution in [2.24, 2.45) is 5.92 Å². The Hall–Kier alpha value is -4.14. The largest absolute Gasteiger partial charge is 0.359 e. The number of hydrogen-bond acceptors (Lipinski definition) is 5. The number of allylic oxidation sites excluding steroid dienone is 1. The Kier molecular flexibility index (Phi) is 5.15. The number of nitrogens with zero attached hydrogens (tertiary/aromatic N) is 5. The SMILES string of the molecule is C=C1CCc2cc(-c3ncc(C4C5CC5c5cc(-c6cc(Cl)ccc6-n6cc(Cl)nn6)cc(=O)n54)[nH]3)ccc2N1. The molecule has 198 valence electrons. The number of halogens is 2. The van der Waals surface area contributed by atoms with Crippen LogP contribution in [-0.2, 0) is 6.42 Å². The molecule has 0 spiro atoms. The number of rotatable bonds is 4. The summed E-state index contributed by atoms with van der Waals surface area (Å²) < 4.78 is 3.53. The fourth-order valence-corrected chi connectivity index (χ4v) is 6.64. The highest BCUT2D eigenvalue weighted by Crippen LogP contribution is 2.60. The molecule has 5 aromatic rings. The van der Waals surface area contributed by atoms with Gasteiger partial charge in [-0.15, -0.1) is 5.10 Å². The second-order valence-corrected chi connectivity index (χ2v) is 11.6. The highest BCUT2D eigenvalue weighted by molar-refractivity contribution is 6.31. The van der Waals surface area contributed by atoms with E-state index in [2.05, 4.69) is 51.5 Å². The zero-order valence-corrected chi connectivity index (χ0v) is 22.7. The second-order valence-electron chi connectivity index (χ2n) is 10.8. The predicted octanol–water partition coefficient (Wildman–Crippen LogP) is 6.37. The van der Waals surface area contributed by atoms with Crippen LogP contribution in [0, 0.1) is 5.92 Å². The molecule has 0 radical (unpaired) electrons. The van der Waals surface area contributed by atoms with Gasteiger partial charge in [0.15, 0.2) is 5.15 Å². The second kappa shape index (κ2) is 8.68. The van der Waals surface area contributed by atoms with E-state index in [1.807, 2.05) is 22.9 Å². The summed E-state index contributed by atoms with van der Waals surface area (Å²) in [6.07, 6.45) is 6.44. The molecular weight excluding hydrogens is 545 g/mol. The molecule has 1 saturated carbocycles. The first-order valence-electron chi connectivity index (χ1n) is 13.2. The first-order valence-corrected chi connectivity index (χ1v) is 14.0. The third kappa shape index (κ3) is 3.74. The molecule has 0 saturated heterocycles. The number of hydrogen-bond donors (Lipinski definition) is 2. The lowest BCUT2D eigenvalue weighted by Crippen LogP contribution is -2.26. The van der Waals surface area contributed by atoms with E-state index in [4.69, 9.17) is 28.2 Å². The fraction of sp³-hybridized carbons (Fsp3) is 0.200. The van der Waals surface area contributed by atoms with Crippen molar-refractivity contribution in [2.75, 3.05) is 5.32 Å². The summed E-state index contributed by atoms with van der Waals surface area (Å²) in [6.45, 7) is 4.05. The van der Waals surface area contributed by atoms with Crippen LogP contribution in [0.2, 0.25) is 10.2 Å². The maximum absolute atomic E-state index is 13.7. The van der Waals surface area contributed by atoms with Gasteiger partial charge < -0.3 is 14.9 Å². The van der Waals surface area contributed by atoms with Crippen molar-refractivity contribution < 1.29 is 0 Å². The summed E-state index contributed by atoms with van der Waals surface area (Å²) >= 11 is 12.4. The highest BCUT2D eigenvalue weighted by Gasteiger charge is 2.53. The Morgan fingerprint density at radius 2 is 1.93 bits per heavy atom. The first kappa shape index (κ1) is 23.7. The minimum absolute atomic E-state index is 0.0523. The quantitative estimate of drug-likeness (QED) is 0.263. The standard InChI is InChI=1S/C30H23Cl2N7O/c1-15-2-3-16-8-17(4-6-23(16)34-15)30-33-13-24(35-30)29-22-12-21(22)26-9-18(10-28(40)39(26)29)20-11-19(31)5-7-25(20)38-14-27(32)36-37-38/h4-11,13-14,21-22,29,34H,1-3,12H2,(H,33,35). The van der Waals surface area contributed by atoms with E-state index in [1.54, 1.807) is 23.0 Å². The summed E-state index contributed by atoms with van der Waals surface area (Å²) in [5.41, 5.74) is 8.73. The van der Waals surface area contributed by atoms with Crippen molar-refractivity contribution in [1.82, 2.24) is 29.5 Å². The van der Waals surface area contributed by atoms with E-state index in [0.29, 0.717) is 16.9 Å². The van der Waals surface area contributed by atoms with E-state index < -0.39 is 0 Å². The first-order chi connectivity index (χ1) is 19.4. The Morgan fingerprint density at radius 1 is 1.02 bits per heavy atom. The van der Waals surface area contributed by atoms with Gasteiger partial charge in [-0.25, -0.2) is 9.67 Å². The topological polar surface area (TPSA) is 93.4 Å². The molecule has 1 fully saturated rings.